The second-order valence-corrected chi connectivity index (χ2v) is 13.8. The van der Waals surface area contributed by atoms with Crippen LogP contribution in [0.3, 0.4) is 0 Å². The molecule has 7 heterocycles. The average Bonchev–Trinajstić information content (AvgIpc) is 3.91. The van der Waals surface area contributed by atoms with Crippen molar-refractivity contribution >= 4 is 23.1 Å². The highest BCUT2D eigenvalue weighted by Gasteiger charge is 2.29. The van der Waals surface area contributed by atoms with Crippen LogP contribution in [0.2, 0.25) is 0 Å². The molecule has 0 radical (unpaired) electrons. The van der Waals surface area contributed by atoms with E-state index in [1.165, 1.54) is 12.3 Å². The molecule has 0 saturated carbocycles. The van der Waals surface area contributed by atoms with Crippen LogP contribution in [0.4, 0.5) is 14.5 Å². The van der Waals surface area contributed by atoms with Crippen molar-refractivity contribution in [1.29, 1.82) is 0 Å². The number of piperidine rings is 1. The highest BCUT2D eigenvalue weighted by molar-refractivity contribution is 8.00. The maximum absolute atomic E-state index is 13.6. The fourth-order valence-electron chi connectivity index (χ4n) is 6.57. The number of fused-ring (bicyclic) bond motifs is 1. The van der Waals surface area contributed by atoms with Gasteiger partial charge in [-0.05, 0) is 43.5 Å². The van der Waals surface area contributed by atoms with Crippen LogP contribution in [0.5, 0.6) is 5.75 Å². The lowest BCUT2D eigenvalue weighted by molar-refractivity contribution is -0.0494. The van der Waals surface area contributed by atoms with Crippen LogP contribution in [-0.4, -0.2) is 107 Å². The van der Waals surface area contributed by atoms with Crippen molar-refractivity contribution in [1.82, 2.24) is 44.3 Å². The highest BCUT2D eigenvalue weighted by atomic mass is 32.2. The largest absolute Gasteiger partial charge is 0.434 e. The molecule has 5 aromatic rings. The Morgan fingerprint density at radius 1 is 1.08 bits per heavy atom. The van der Waals surface area contributed by atoms with Crippen LogP contribution >= 0.6 is 11.8 Å². The monoisotopic (exact) mass is 694 g/mol. The quantitative estimate of drug-likeness (QED) is 0.183. The number of ether oxygens (including phenoxy) is 3. The molecule has 14 nitrogen and oxygen atoms in total. The van der Waals surface area contributed by atoms with Gasteiger partial charge >= 0.3 is 6.61 Å². The number of thioether (sulfide) groups is 1. The summed E-state index contributed by atoms with van der Waals surface area (Å²) in [6, 6.07) is 7.54. The number of nitrogens with zero attached hydrogens (tertiary/aromatic N) is 9. The van der Waals surface area contributed by atoms with Crippen LogP contribution in [0.15, 0.2) is 60.1 Å². The third-order valence-electron chi connectivity index (χ3n) is 9.16. The second kappa shape index (κ2) is 14.0. The molecule has 0 aliphatic carbocycles. The van der Waals surface area contributed by atoms with E-state index < -0.39 is 12.8 Å². The summed E-state index contributed by atoms with van der Waals surface area (Å²) in [6.07, 6.45) is 10.3. The minimum atomic E-state index is -3.04. The van der Waals surface area contributed by atoms with Gasteiger partial charge in [0.1, 0.15) is 17.1 Å². The van der Waals surface area contributed by atoms with Gasteiger partial charge in [-0.1, -0.05) is 5.21 Å². The normalized spacial score (nSPS) is 19.9. The number of benzene rings is 1. The Labute approximate surface area is 284 Å². The van der Waals surface area contributed by atoms with Crippen molar-refractivity contribution in [2.45, 2.75) is 60.9 Å². The lowest BCUT2D eigenvalue weighted by atomic mass is 10.0. The molecular formula is C32H36F2N10O4S. The van der Waals surface area contributed by atoms with Crippen molar-refractivity contribution in [3.05, 3.63) is 66.5 Å². The Kier molecular flexibility index (Phi) is 9.15. The number of aliphatic hydroxyl groups is 1. The summed E-state index contributed by atoms with van der Waals surface area (Å²) in [5.41, 5.74) is 2.66. The van der Waals surface area contributed by atoms with E-state index in [1.807, 2.05) is 10.9 Å². The van der Waals surface area contributed by atoms with Gasteiger partial charge in [0.2, 0.25) is 0 Å². The lowest BCUT2D eigenvalue weighted by Crippen LogP contribution is -2.42. The van der Waals surface area contributed by atoms with E-state index in [1.54, 1.807) is 57.7 Å². The molecule has 0 bridgehead atoms. The smallest absolute Gasteiger partial charge is 0.387 e. The first-order valence-electron chi connectivity index (χ1n) is 16.3. The van der Waals surface area contributed by atoms with Crippen LogP contribution in [0, 0.1) is 0 Å². The Morgan fingerprint density at radius 2 is 1.96 bits per heavy atom. The molecule has 3 aliphatic rings. The molecule has 3 saturated heterocycles. The predicted molar refractivity (Wildman–Crippen MR) is 175 cm³/mol. The number of anilines is 1. The van der Waals surface area contributed by atoms with E-state index in [2.05, 4.69) is 30.6 Å². The Morgan fingerprint density at radius 3 is 2.73 bits per heavy atom. The van der Waals surface area contributed by atoms with Gasteiger partial charge in [-0.25, -0.2) is 14.2 Å². The zero-order valence-electron chi connectivity index (χ0n) is 26.5. The van der Waals surface area contributed by atoms with E-state index in [0.29, 0.717) is 53.1 Å². The predicted octanol–water partition coefficient (Wildman–Crippen LogP) is 3.85. The molecular weight excluding hydrogens is 658 g/mol. The third-order valence-corrected chi connectivity index (χ3v) is 10.3. The third kappa shape index (κ3) is 6.98. The van der Waals surface area contributed by atoms with Crippen LogP contribution in [0.1, 0.15) is 42.8 Å². The first kappa shape index (κ1) is 32.1. The summed E-state index contributed by atoms with van der Waals surface area (Å²) in [6.45, 7) is 2.08. The minimum Gasteiger partial charge on any atom is -0.434 e. The number of aliphatic hydroxyl groups excluding tert-OH is 1. The Balaban J connectivity index is 1.08. The van der Waals surface area contributed by atoms with Crippen molar-refractivity contribution in [3.8, 4) is 17.0 Å². The van der Waals surface area contributed by atoms with Gasteiger partial charge < -0.3 is 24.6 Å². The molecule has 1 aromatic carbocycles. The zero-order chi connectivity index (χ0) is 33.3. The maximum Gasteiger partial charge on any atom is 0.387 e. The molecule has 2 atom stereocenters. The number of halogens is 2. The van der Waals surface area contributed by atoms with Crippen LogP contribution in [0.25, 0.3) is 16.9 Å². The van der Waals surface area contributed by atoms with Crippen LogP contribution < -0.4 is 10.1 Å². The molecule has 3 aliphatic heterocycles. The van der Waals surface area contributed by atoms with E-state index >= 15 is 0 Å². The van der Waals surface area contributed by atoms with Gasteiger partial charge in [0.05, 0.1) is 61.3 Å². The molecule has 2 N–H and O–H groups in total. The Hall–Kier alpha value is -4.16. The van der Waals surface area contributed by atoms with Crippen molar-refractivity contribution < 1.29 is 28.1 Å². The summed E-state index contributed by atoms with van der Waals surface area (Å²) in [7, 11) is 0. The molecule has 258 valence electrons. The van der Waals surface area contributed by atoms with Crippen molar-refractivity contribution in [3.63, 3.8) is 0 Å². The van der Waals surface area contributed by atoms with Gasteiger partial charge in [-0.3, -0.25) is 9.58 Å². The fraction of sp³-hybridized carbons (Fsp3) is 0.469. The number of aromatic nitrogens is 8. The van der Waals surface area contributed by atoms with E-state index in [4.69, 9.17) is 19.3 Å². The van der Waals surface area contributed by atoms with Crippen molar-refractivity contribution in [2.75, 3.05) is 44.8 Å². The van der Waals surface area contributed by atoms with Crippen LogP contribution in [-0.2, 0) is 16.0 Å². The van der Waals surface area contributed by atoms with Crippen molar-refractivity contribution in [2.24, 2.45) is 0 Å². The summed E-state index contributed by atoms with van der Waals surface area (Å²) in [5, 5.41) is 32.7. The molecule has 3 fully saturated rings. The molecule has 17 heteroatoms. The summed E-state index contributed by atoms with van der Waals surface area (Å²) >= 11 is 1.60. The molecule has 4 aromatic heterocycles. The lowest BCUT2D eigenvalue weighted by Gasteiger charge is -2.35. The first-order chi connectivity index (χ1) is 24.0. The fourth-order valence-corrected chi connectivity index (χ4v) is 7.61. The zero-order valence-corrected chi connectivity index (χ0v) is 27.3. The Bertz CT molecular complexity index is 1880. The number of hydrogen-bond donors (Lipinski definition) is 2. The molecule has 49 heavy (non-hydrogen) atoms. The van der Waals surface area contributed by atoms with E-state index in [-0.39, 0.29) is 23.6 Å². The number of likely N-dealkylation sites (tertiary alicyclic amines) is 1. The summed E-state index contributed by atoms with van der Waals surface area (Å²) in [4.78, 5) is 7.71. The number of alkyl halides is 2. The van der Waals surface area contributed by atoms with Gasteiger partial charge in [-0.15, -0.1) is 16.9 Å². The second-order valence-electron chi connectivity index (χ2n) is 12.4. The molecule has 1 unspecified atom stereocenters. The standard InChI is InChI=1S/C32H36F2N10O4S/c33-32(34)48-28-3-2-23(49-24-18-47-19-24)12-25(28)29-27(37-31(45)26-13-36-43-8-1-7-35-30(26)43)16-42(39-29)14-20-15-44(40-38-20)21-4-9-41(10-5-21)22-6-11-46-17-22/h1-3,7-8,12-13,15-16,21-22,24,31-32,37,45H,4-6,9-11,14,17-19H2/t22-,31?/m0/s1. The molecule has 0 spiro atoms. The number of nitrogens with one attached hydrogen (secondary N) is 1. The average molecular weight is 695 g/mol. The van der Waals surface area contributed by atoms with Gasteiger partial charge in [0.25, 0.3) is 0 Å². The van der Waals surface area contributed by atoms with E-state index in [0.717, 1.165) is 50.5 Å². The van der Waals surface area contributed by atoms with Gasteiger partial charge in [0, 0.05) is 54.8 Å². The summed E-state index contributed by atoms with van der Waals surface area (Å²) < 4.78 is 48.2. The highest BCUT2D eigenvalue weighted by Crippen LogP contribution is 2.40. The number of rotatable bonds is 12. The first-order valence-corrected chi connectivity index (χ1v) is 17.2. The van der Waals surface area contributed by atoms with Gasteiger partial charge in [0.15, 0.2) is 11.9 Å². The van der Waals surface area contributed by atoms with Gasteiger partial charge in [-0.2, -0.15) is 19.0 Å². The number of hydrogen-bond acceptors (Lipinski definition) is 12. The minimum absolute atomic E-state index is 0.0360. The molecule has 0 amide bonds. The maximum atomic E-state index is 13.6. The summed E-state index contributed by atoms with van der Waals surface area (Å²) in [5.74, 6) is -0.0360. The molecule has 8 rings (SSSR count). The SMILES string of the molecule is OC(Nc1cn(Cc2cn(C3CCN([C@H]4CCOC4)CC3)nn2)nc1-c1cc(SC2COC2)ccc1OC(F)F)c1cnn2cccnc12. The van der Waals surface area contributed by atoms with E-state index in [9.17, 15) is 13.9 Å². The topological polar surface area (TPSA) is 142 Å².